The molecule has 1 nitrogen and oxygen atoms in total. The van der Waals surface area contributed by atoms with E-state index in [2.05, 4.69) is 25.1 Å². The van der Waals surface area contributed by atoms with Gasteiger partial charge in [0.25, 0.3) is 0 Å². The summed E-state index contributed by atoms with van der Waals surface area (Å²) in [5, 5.41) is 0. The summed E-state index contributed by atoms with van der Waals surface area (Å²) in [4.78, 5) is 3.46. The van der Waals surface area contributed by atoms with Crippen molar-refractivity contribution in [3.63, 3.8) is 0 Å². The van der Waals surface area contributed by atoms with E-state index in [1.807, 2.05) is 6.07 Å². The molecule has 1 aromatic rings. The molecule has 0 radical (unpaired) electrons. The first kappa shape index (κ1) is 11.3. The molecule has 1 aromatic heterocycles. The molecule has 0 bridgehead atoms. The van der Waals surface area contributed by atoms with Crippen LogP contribution < -0.4 is 0 Å². The fourth-order valence-corrected chi connectivity index (χ4v) is 2.76. The number of halogens is 2. The first-order valence-corrected chi connectivity index (χ1v) is 5.85. The third kappa shape index (κ3) is 3.13. The smallest absolute Gasteiger partial charge is 0.0931 e. The maximum Gasteiger partial charge on any atom is 0.0931 e. The Labute approximate surface area is 93.3 Å². The minimum atomic E-state index is 0.398. The fourth-order valence-electron chi connectivity index (χ4n) is 1.27. The van der Waals surface area contributed by atoms with Crippen molar-refractivity contribution in [2.45, 2.75) is 12.5 Å². The first-order chi connectivity index (χ1) is 6.15. The molecule has 0 aliphatic carbocycles. The van der Waals surface area contributed by atoms with Gasteiger partial charge < -0.3 is 4.90 Å². The Hall–Kier alpha value is 0.240. The zero-order valence-corrected chi connectivity index (χ0v) is 10.1. The topological polar surface area (TPSA) is 3.24 Å². The quantitative estimate of drug-likeness (QED) is 0.724. The van der Waals surface area contributed by atoms with Crippen molar-refractivity contribution < 1.29 is 0 Å². The second-order valence-electron chi connectivity index (χ2n) is 3.10. The predicted octanol–water partition coefficient (Wildman–Crippen LogP) is 3.63. The van der Waals surface area contributed by atoms with Crippen LogP contribution in [0, 0.1) is 0 Å². The van der Waals surface area contributed by atoms with Gasteiger partial charge >= 0.3 is 0 Å². The Bertz CT molecular complexity index is 260. The molecule has 0 saturated heterocycles. The molecule has 1 atom stereocenters. The number of thiophene rings is 1. The molecule has 0 aliphatic heterocycles. The summed E-state index contributed by atoms with van der Waals surface area (Å²) < 4.78 is 0.844. The molecule has 0 aromatic carbocycles. The molecular formula is C9H13Cl2NS. The van der Waals surface area contributed by atoms with Gasteiger partial charge in [-0.25, -0.2) is 0 Å². The second-order valence-corrected chi connectivity index (χ2v) is 5.22. The summed E-state index contributed by atoms with van der Waals surface area (Å²) in [6.07, 6.45) is 0.964. The highest BCUT2D eigenvalue weighted by Crippen LogP contribution is 2.31. The summed E-state index contributed by atoms with van der Waals surface area (Å²) in [6.45, 7) is 0. The summed E-state index contributed by atoms with van der Waals surface area (Å²) in [6, 6.07) is 4.41. The van der Waals surface area contributed by atoms with Gasteiger partial charge in [-0.3, -0.25) is 0 Å². The lowest BCUT2D eigenvalue weighted by Gasteiger charge is -2.21. The van der Waals surface area contributed by atoms with E-state index in [4.69, 9.17) is 23.2 Å². The lowest BCUT2D eigenvalue weighted by Crippen LogP contribution is -2.19. The third-order valence-corrected chi connectivity index (χ3v) is 3.48. The molecule has 4 heteroatoms. The Kier molecular flexibility index (Phi) is 4.53. The molecule has 74 valence electrons. The first-order valence-electron chi connectivity index (χ1n) is 4.12. The van der Waals surface area contributed by atoms with Crippen molar-refractivity contribution >= 4 is 34.5 Å². The van der Waals surface area contributed by atoms with Crippen molar-refractivity contribution in [2.24, 2.45) is 0 Å². The number of alkyl halides is 1. The van der Waals surface area contributed by atoms with Crippen LogP contribution in [0.25, 0.3) is 0 Å². The van der Waals surface area contributed by atoms with Crippen LogP contribution in [0.1, 0.15) is 17.3 Å². The van der Waals surface area contributed by atoms with Gasteiger partial charge in [0.2, 0.25) is 0 Å². The van der Waals surface area contributed by atoms with Crippen molar-refractivity contribution in [3.05, 3.63) is 21.3 Å². The maximum absolute atomic E-state index is 5.88. The van der Waals surface area contributed by atoms with Crippen LogP contribution in [-0.4, -0.2) is 24.9 Å². The van der Waals surface area contributed by atoms with Gasteiger partial charge in [0.1, 0.15) is 0 Å². The Balaban J connectivity index is 2.75. The normalized spacial score (nSPS) is 13.6. The van der Waals surface area contributed by atoms with E-state index in [9.17, 15) is 0 Å². The van der Waals surface area contributed by atoms with E-state index in [-0.39, 0.29) is 0 Å². The lowest BCUT2D eigenvalue weighted by atomic mass is 10.2. The van der Waals surface area contributed by atoms with Crippen LogP contribution in [0.3, 0.4) is 0 Å². The lowest BCUT2D eigenvalue weighted by molar-refractivity contribution is 0.297. The van der Waals surface area contributed by atoms with Crippen molar-refractivity contribution in [1.82, 2.24) is 4.90 Å². The number of nitrogens with zero attached hydrogens (tertiary/aromatic N) is 1. The minimum absolute atomic E-state index is 0.398. The second kappa shape index (κ2) is 5.20. The van der Waals surface area contributed by atoms with Crippen LogP contribution >= 0.6 is 34.5 Å². The third-order valence-electron chi connectivity index (χ3n) is 1.93. The van der Waals surface area contributed by atoms with Crippen LogP contribution in [0.4, 0.5) is 0 Å². The van der Waals surface area contributed by atoms with Crippen molar-refractivity contribution in [2.75, 3.05) is 20.0 Å². The molecule has 1 unspecified atom stereocenters. The molecule has 0 fully saturated rings. The van der Waals surface area contributed by atoms with E-state index in [0.717, 1.165) is 10.8 Å². The SMILES string of the molecule is CN(C)C(CCCl)c1ccc(Cl)s1. The standard InChI is InChI=1S/C9H13Cl2NS/c1-12(2)7(5-6-10)8-3-4-9(11)13-8/h3-4,7H,5-6H2,1-2H3. The highest BCUT2D eigenvalue weighted by Gasteiger charge is 2.14. The van der Waals surface area contributed by atoms with Gasteiger partial charge in [-0.15, -0.1) is 22.9 Å². The van der Waals surface area contributed by atoms with E-state index in [0.29, 0.717) is 11.9 Å². The van der Waals surface area contributed by atoms with Crippen LogP contribution in [0.5, 0.6) is 0 Å². The van der Waals surface area contributed by atoms with E-state index in [1.165, 1.54) is 4.88 Å². The van der Waals surface area contributed by atoms with Gasteiger partial charge in [-0.2, -0.15) is 0 Å². The minimum Gasteiger partial charge on any atom is -0.302 e. The molecule has 0 amide bonds. The number of hydrogen-bond donors (Lipinski definition) is 0. The fraction of sp³-hybridized carbons (Fsp3) is 0.556. The van der Waals surface area contributed by atoms with Crippen molar-refractivity contribution in [3.8, 4) is 0 Å². The highest BCUT2D eigenvalue weighted by molar-refractivity contribution is 7.16. The van der Waals surface area contributed by atoms with Gasteiger partial charge in [-0.1, -0.05) is 11.6 Å². The van der Waals surface area contributed by atoms with Gasteiger partial charge in [0, 0.05) is 16.8 Å². The van der Waals surface area contributed by atoms with E-state index in [1.54, 1.807) is 11.3 Å². The highest BCUT2D eigenvalue weighted by atomic mass is 35.5. The Morgan fingerprint density at radius 2 is 2.15 bits per heavy atom. The summed E-state index contributed by atoms with van der Waals surface area (Å²) in [5.41, 5.74) is 0. The van der Waals surface area contributed by atoms with Gasteiger partial charge in [0.05, 0.1) is 4.34 Å². The van der Waals surface area contributed by atoms with E-state index >= 15 is 0 Å². The zero-order chi connectivity index (χ0) is 9.84. The molecule has 0 N–H and O–H groups in total. The molecular weight excluding hydrogens is 225 g/mol. The predicted molar refractivity (Wildman–Crippen MR) is 61.1 cm³/mol. The largest absolute Gasteiger partial charge is 0.302 e. The maximum atomic E-state index is 5.88. The molecule has 0 spiro atoms. The average molecular weight is 238 g/mol. The summed E-state index contributed by atoms with van der Waals surface area (Å²) in [5.74, 6) is 0.679. The Morgan fingerprint density at radius 1 is 1.46 bits per heavy atom. The van der Waals surface area contributed by atoms with E-state index < -0.39 is 0 Å². The Morgan fingerprint density at radius 3 is 2.54 bits per heavy atom. The average Bonchev–Trinajstić information content (AvgIpc) is 2.46. The van der Waals surface area contributed by atoms with Gasteiger partial charge in [-0.05, 0) is 32.6 Å². The monoisotopic (exact) mass is 237 g/mol. The molecule has 1 rings (SSSR count). The van der Waals surface area contributed by atoms with Crippen molar-refractivity contribution in [1.29, 1.82) is 0 Å². The summed E-state index contributed by atoms with van der Waals surface area (Å²) >= 11 is 13.2. The van der Waals surface area contributed by atoms with Crippen LogP contribution in [0.2, 0.25) is 4.34 Å². The summed E-state index contributed by atoms with van der Waals surface area (Å²) in [7, 11) is 4.12. The molecule has 1 heterocycles. The van der Waals surface area contributed by atoms with Crippen LogP contribution in [0.15, 0.2) is 12.1 Å². The number of rotatable bonds is 4. The zero-order valence-electron chi connectivity index (χ0n) is 7.76. The van der Waals surface area contributed by atoms with Crippen LogP contribution in [-0.2, 0) is 0 Å². The van der Waals surface area contributed by atoms with Gasteiger partial charge in [0.15, 0.2) is 0 Å². The molecule has 0 saturated carbocycles. The molecule has 13 heavy (non-hydrogen) atoms. The number of hydrogen-bond acceptors (Lipinski definition) is 2. The molecule has 0 aliphatic rings.